The minimum Gasteiger partial charge on any atom is -0.351 e. The fraction of sp³-hybridized carbons (Fsp3) is 0.286. The molecule has 3 rings (SSSR count). The van der Waals surface area contributed by atoms with Gasteiger partial charge in [-0.2, -0.15) is 0 Å². The molecule has 27 heavy (non-hydrogen) atoms. The van der Waals surface area contributed by atoms with Crippen molar-refractivity contribution in [3.8, 4) is 22.5 Å². The summed E-state index contributed by atoms with van der Waals surface area (Å²) in [4.78, 5) is 23.4. The second kappa shape index (κ2) is 8.60. The minimum atomic E-state index is -0.0654. The van der Waals surface area contributed by atoms with Gasteiger partial charge in [0.05, 0.1) is 0 Å². The van der Waals surface area contributed by atoms with Gasteiger partial charge in [0.2, 0.25) is 0 Å². The molecule has 0 spiro atoms. The predicted molar refractivity (Wildman–Crippen MR) is 107 cm³/mol. The summed E-state index contributed by atoms with van der Waals surface area (Å²) in [6.07, 6.45) is 6.44. The lowest BCUT2D eigenvalue weighted by atomic mass is 10.1. The molecule has 0 unspecified atom stereocenters. The molecule has 6 nitrogen and oxygen atoms in total. The Labute approximate surface area is 159 Å². The minimum absolute atomic E-state index is 0.0654. The lowest BCUT2D eigenvalue weighted by Gasteiger charge is -2.10. The van der Waals surface area contributed by atoms with Crippen molar-refractivity contribution in [2.45, 2.75) is 6.42 Å². The summed E-state index contributed by atoms with van der Waals surface area (Å²) in [5.41, 5.74) is 3.42. The molecule has 0 saturated carbocycles. The molecule has 1 N–H and O–H groups in total. The van der Waals surface area contributed by atoms with Crippen LogP contribution in [-0.4, -0.2) is 52.5 Å². The number of nitrogens with one attached hydrogen (secondary N) is 1. The van der Waals surface area contributed by atoms with Crippen LogP contribution < -0.4 is 5.32 Å². The first-order valence-electron chi connectivity index (χ1n) is 9.02. The number of aromatic nitrogens is 3. The van der Waals surface area contributed by atoms with Gasteiger partial charge in [-0.1, -0.05) is 30.3 Å². The van der Waals surface area contributed by atoms with Gasteiger partial charge in [-0.25, -0.2) is 9.97 Å². The number of hydrogen-bond acceptors (Lipinski definition) is 4. The molecule has 0 bridgehead atoms. The van der Waals surface area contributed by atoms with Crippen LogP contribution in [0.25, 0.3) is 22.5 Å². The molecule has 0 radical (unpaired) electrons. The normalized spacial score (nSPS) is 11.0. The second-order valence-electron chi connectivity index (χ2n) is 6.80. The highest BCUT2D eigenvalue weighted by molar-refractivity contribution is 5.94. The zero-order valence-electron chi connectivity index (χ0n) is 16.0. The molecule has 0 aliphatic carbocycles. The summed E-state index contributed by atoms with van der Waals surface area (Å²) >= 11 is 0. The fourth-order valence-electron chi connectivity index (χ4n) is 2.85. The average molecular weight is 363 g/mol. The van der Waals surface area contributed by atoms with Crippen LogP contribution in [0.2, 0.25) is 0 Å². The van der Waals surface area contributed by atoms with Crippen LogP contribution in [0.15, 0.2) is 55.0 Å². The second-order valence-corrected chi connectivity index (χ2v) is 6.80. The maximum Gasteiger partial charge on any atom is 0.267 e. The summed E-state index contributed by atoms with van der Waals surface area (Å²) in [5.74, 6) is 0.624. The van der Waals surface area contributed by atoms with Gasteiger partial charge in [-0.15, -0.1) is 0 Å². The molecule has 0 fully saturated rings. The Morgan fingerprint density at radius 3 is 2.44 bits per heavy atom. The van der Waals surface area contributed by atoms with Crippen LogP contribution in [0.4, 0.5) is 0 Å². The number of carbonyl (C=O) groups excluding carboxylic acids is 1. The van der Waals surface area contributed by atoms with Gasteiger partial charge in [0.25, 0.3) is 5.91 Å². The standard InChI is InChI=1S/C21H25N5O/c1-25(2)11-7-10-22-21(27)19-12-17(15-26(19)3)18-13-23-20(24-14-18)16-8-5-4-6-9-16/h4-6,8-9,12-15H,7,10-11H2,1-3H3,(H,22,27). The molecule has 140 valence electrons. The number of rotatable bonds is 7. The molecule has 2 aromatic heterocycles. The predicted octanol–water partition coefficient (Wildman–Crippen LogP) is 2.83. The Hall–Kier alpha value is -2.99. The highest BCUT2D eigenvalue weighted by Crippen LogP contribution is 2.22. The van der Waals surface area contributed by atoms with Crippen molar-refractivity contribution in [2.75, 3.05) is 27.2 Å². The fourth-order valence-corrected chi connectivity index (χ4v) is 2.85. The topological polar surface area (TPSA) is 63.1 Å². The van der Waals surface area contributed by atoms with Crippen molar-refractivity contribution < 1.29 is 4.79 Å². The van der Waals surface area contributed by atoms with E-state index in [4.69, 9.17) is 0 Å². The van der Waals surface area contributed by atoms with Crippen LogP contribution in [0, 0.1) is 0 Å². The lowest BCUT2D eigenvalue weighted by Crippen LogP contribution is -2.28. The summed E-state index contributed by atoms with van der Waals surface area (Å²) in [6, 6.07) is 11.7. The Balaban J connectivity index is 1.69. The van der Waals surface area contributed by atoms with Crippen LogP contribution in [0.1, 0.15) is 16.9 Å². The molecular weight excluding hydrogens is 338 g/mol. The SMILES string of the molecule is CN(C)CCCNC(=O)c1cc(-c2cnc(-c3ccccc3)nc2)cn1C. The Kier molecular flexibility index (Phi) is 5.98. The van der Waals surface area contributed by atoms with E-state index in [0.29, 0.717) is 18.1 Å². The maximum atomic E-state index is 12.4. The van der Waals surface area contributed by atoms with Crippen molar-refractivity contribution >= 4 is 5.91 Å². The highest BCUT2D eigenvalue weighted by Gasteiger charge is 2.13. The zero-order chi connectivity index (χ0) is 19.2. The van der Waals surface area contributed by atoms with Gasteiger partial charge in [-0.3, -0.25) is 4.79 Å². The van der Waals surface area contributed by atoms with E-state index in [1.54, 1.807) is 12.4 Å². The van der Waals surface area contributed by atoms with Gasteiger partial charge < -0.3 is 14.8 Å². The smallest absolute Gasteiger partial charge is 0.267 e. The van der Waals surface area contributed by atoms with E-state index >= 15 is 0 Å². The molecule has 1 amide bonds. The summed E-state index contributed by atoms with van der Waals surface area (Å²) in [6.45, 7) is 1.61. The Morgan fingerprint density at radius 2 is 1.78 bits per heavy atom. The molecule has 2 heterocycles. The van der Waals surface area contributed by atoms with Gasteiger partial charge in [-0.05, 0) is 33.1 Å². The van der Waals surface area contributed by atoms with Crippen molar-refractivity contribution in [3.05, 3.63) is 60.7 Å². The molecule has 0 saturated heterocycles. The van der Waals surface area contributed by atoms with Gasteiger partial charge in [0.1, 0.15) is 5.69 Å². The largest absolute Gasteiger partial charge is 0.351 e. The molecule has 6 heteroatoms. The van der Waals surface area contributed by atoms with Crippen LogP contribution >= 0.6 is 0 Å². The molecule has 3 aromatic rings. The van der Waals surface area contributed by atoms with Crippen molar-refractivity contribution in [2.24, 2.45) is 7.05 Å². The van der Waals surface area contributed by atoms with E-state index in [-0.39, 0.29) is 5.91 Å². The third kappa shape index (κ3) is 4.80. The summed E-state index contributed by atoms with van der Waals surface area (Å²) < 4.78 is 1.84. The first-order chi connectivity index (χ1) is 13.0. The quantitative estimate of drug-likeness (QED) is 0.656. The molecular formula is C21H25N5O. The van der Waals surface area contributed by atoms with E-state index in [1.165, 1.54) is 0 Å². The van der Waals surface area contributed by atoms with Gasteiger partial charge in [0, 0.05) is 48.9 Å². The van der Waals surface area contributed by atoms with E-state index in [0.717, 1.165) is 29.7 Å². The summed E-state index contributed by atoms with van der Waals surface area (Å²) in [7, 11) is 5.92. The number of carbonyl (C=O) groups is 1. The van der Waals surface area contributed by atoms with Gasteiger partial charge in [0.15, 0.2) is 5.82 Å². The average Bonchev–Trinajstić information content (AvgIpc) is 3.07. The van der Waals surface area contributed by atoms with Gasteiger partial charge >= 0.3 is 0 Å². The number of nitrogens with zero attached hydrogens (tertiary/aromatic N) is 4. The number of hydrogen-bond donors (Lipinski definition) is 1. The first kappa shape index (κ1) is 18.8. The monoisotopic (exact) mass is 363 g/mol. The summed E-state index contributed by atoms with van der Waals surface area (Å²) in [5, 5.41) is 2.97. The van der Waals surface area contributed by atoms with Crippen molar-refractivity contribution in [1.82, 2.24) is 24.8 Å². The zero-order valence-corrected chi connectivity index (χ0v) is 16.0. The van der Waals surface area contributed by atoms with E-state index in [9.17, 15) is 4.79 Å². The maximum absolute atomic E-state index is 12.4. The number of benzene rings is 1. The van der Waals surface area contributed by atoms with Crippen molar-refractivity contribution in [1.29, 1.82) is 0 Å². The van der Waals surface area contributed by atoms with Crippen molar-refractivity contribution in [3.63, 3.8) is 0 Å². The van der Waals surface area contributed by atoms with Crippen LogP contribution in [0.5, 0.6) is 0 Å². The number of amides is 1. The molecule has 0 atom stereocenters. The van der Waals surface area contributed by atoms with E-state index in [2.05, 4.69) is 20.2 Å². The highest BCUT2D eigenvalue weighted by atomic mass is 16.1. The van der Waals surface area contributed by atoms with Crippen LogP contribution in [-0.2, 0) is 7.05 Å². The lowest BCUT2D eigenvalue weighted by molar-refractivity contribution is 0.0944. The van der Waals surface area contributed by atoms with Crippen LogP contribution in [0.3, 0.4) is 0 Å². The first-order valence-corrected chi connectivity index (χ1v) is 9.02. The molecule has 0 aliphatic heterocycles. The van der Waals surface area contributed by atoms with E-state index < -0.39 is 0 Å². The Bertz CT molecular complexity index is 885. The third-order valence-electron chi connectivity index (χ3n) is 4.32. The van der Waals surface area contributed by atoms with E-state index in [1.807, 2.05) is 68.3 Å². The molecule has 1 aromatic carbocycles. The molecule has 0 aliphatic rings. The third-order valence-corrected chi connectivity index (χ3v) is 4.32. The Morgan fingerprint density at radius 1 is 1.07 bits per heavy atom. The number of aryl methyl sites for hydroxylation is 1.